The zero-order chi connectivity index (χ0) is 20.7. The molecular formula is C23H24FN3O2S. The molecule has 0 radical (unpaired) electrons. The highest BCUT2D eigenvalue weighted by Crippen LogP contribution is 2.35. The molecule has 2 aliphatic rings. The van der Waals surface area contributed by atoms with Crippen LogP contribution in [-0.4, -0.2) is 32.9 Å². The first-order valence-corrected chi connectivity index (χ1v) is 11.5. The first kappa shape index (κ1) is 19.4. The number of carbonyl (C=O) groups excluding carboxylic acids is 1. The minimum absolute atomic E-state index is 0.00779. The van der Waals surface area contributed by atoms with Crippen molar-refractivity contribution < 1.29 is 9.18 Å². The zero-order valence-corrected chi connectivity index (χ0v) is 17.5. The summed E-state index contributed by atoms with van der Waals surface area (Å²) in [5.74, 6) is 0.297. The Balaban J connectivity index is 1.45. The van der Waals surface area contributed by atoms with E-state index in [1.165, 1.54) is 60.0 Å². The summed E-state index contributed by atoms with van der Waals surface area (Å²) in [6.45, 7) is 0.799. The molecule has 156 valence electrons. The first-order valence-electron chi connectivity index (χ1n) is 10.6. The van der Waals surface area contributed by atoms with E-state index in [4.69, 9.17) is 0 Å². The molecule has 1 aromatic carbocycles. The summed E-state index contributed by atoms with van der Waals surface area (Å²) in [4.78, 5) is 33.4. The zero-order valence-electron chi connectivity index (χ0n) is 16.7. The van der Waals surface area contributed by atoms with Crippen molar-refractivity contribution in [3.05, 3.63) is 52.1 Å². The van der Waals surface area contributed by atoms with E-state index in [-0.39, 0.29) is 23.8 Å². The molecule has 0 bridgehead atoms. The summed E-state index contributed by atoms with van der Waals surface area (Å²) < 4.78 is 14.7. The van der Waals surface area contributed by atoms with E-state index in [1.807, 2.05) is 10.3 Å². The van der Waals surface area contributed by atoms with Crippen LogP contribution >= 0.6 is 11.3 Å². The number of halogens is 1. The number of nitrogens with zero attached hydrogens (tertiary/aromatic N) is 3. The Bertz CT molecular complexity index is 1140. The maximum Gasteiger partial charge on any atom is 0.263 e. The van der Waals surface area contributed by atoms with Crippen molar-refractivity contribution in [3.63, 3.8) is 0 Å². The number of hydrogen-bond donors (Lipinski definition) is 0. The molecule has 2 atom stereocenters. The fourth-order valence-electron chi connectivity index (χ4n) is 5.09. The van der Waals surface area contributed by atoms with Crippen LogP contribution in [0.2, 0.25) is 0 Å². The van der Waals surface area contributed by atoms with Crippen LogP contribution in [0.5, 0.6) is 0 Å². The molecule has 5 rings (SSSR count). The van der Waals surface area contributed by atoms with Crippen molar-refractivity contribution in [2.45, 2.75) is 51.1 Å². The number of fused-ring (bicyclic) bond motifs is 2. The molecule has 2 fully saturated rings. The number of amides is 1. The number of carbonyl (C=O) groups is 1. The molecule has 7 heteroatoms. The van der Waals surface area contributed by atoms with E-state index >= 15 is 0 Å². The maximum atomic E-state index is 13.3. The van der Waals surface area contributed by atoms with Gasteiger partial charge in [-0.1, -0.05) is 25.0 Å². The van der Waals surface area contributed by atoms with Crippen molar-refractivity contribution in [2.75, 3.05) is 6.54 Å². The van der Waals surface area contributed by atoms with Crippen molar-refractivity contribution in [1.82, 2.24) is 14.5 Å². The lowest BCUT2D eigenvalue weighted by Crippen LogP contribution is -2.51. The fraction of sp³-hybridized carbons (Fsp3) is 0.435. The second kappa shape index (κ2) is 7.95. The number of thiophene rings is 1. The van der Waals surface area contributed by atoms with Gasteiger partial charge in [-0.15, -0.1) is 11.3 Å². The van der Waals surface area contributed by atoms with Crippen LogP contribution in [0, 0.1) is 11.7 Å². The smallest absolute Gasteiger partial charge is 0.263 e. The SMILES string of the molecule is O=C(Cn1cnc2scc(-c3ccc(F)cc3)c2c1=O)N1CCCC2CCCCC21. The van der Waals surface area contributed by atoms with Crippen molar-refractivity contribution >= 4 is 27.5 Å². The van der Waals surface area contributed by atoms with Gasteiger partial charge in [0, 0.05) is 23.5 Å². The van der Waals surface area contributed by atoms with Gasteiger partial charge in [0.05, 0.1) is 11.7 Å². The quantitative estimate of drug-likeness (QED) is 0.623. The summed E-state index contributed by atoms with van der Waals surface area (Å²) in [5.41, 5.74) is 1.29. The molecule has 1 aliphatic heterocycles. The van der Waals surface area contributed by atoms with Crippen LogP contribution < -0.4 is 5.56 Å². The Kier molecular flexibility index (Phi) is 5.15. The van der Waals surface area contributed by atoms with Crippen molar-refractivity contribution in [2.24, 2.45) is 5.92 Å². The normalized spacial score (nSPS) is 21.6. The summed E-state index contributed by atoms with van der Waals surface area (Å²) in [7, 11) is 0. The molecule has 2 aromatic heterocycles. The number of rotatable bonds is 3. The van der Waals surface area contributed by atoms with Gasteiger partial charge in [-0.2, -0.15) is 0 Å². The van der Waals surface area contributed by atoms with Gasteiger partial charge in [-0.05, 0) is 49.3 Å². The number of hydrogen-bond acceptors (Lipinski definition) is 4. The molecule has 3 aromatic rings. The van der Waals surface area contributed by atoms with E-state index in [2.05, 4.69) is 4.98 Å². The average Bonchev–Trinajstić information content (AvgIpc) is 3.20. The van der Waals surface area contributed by atoms with E-state index in [9.17, 15) is 14.0 Å². The molecule has 2 unspecified atom stereocenters. The standard InChI is InChI=1S/C23H24FN3O2S/c24-17-9-7-15(8-10-17)18-13-30-22-21(18)23(29)26(14-25-22)12-20(28)27-11-3-5-16-4-1-2-6-19(16)27/h7-10,13-14,16,19H,1-6,11-12H2. The van der Waals surface area contributed by atoms with E-state index in [1.54, 1.807) is 12.1 Å². The van der Waals surface area contributed by atoms with Gasteiger partial charge < -0.3 is 4.90 Å². The molecule has 1 saturated heterocycles. The van der Waals surface area contributed by atoms with Crippen LogP contribution in [0.25, 0.3) is 21.3 Å². The molecular weight excluding hydrogens is 401 g/mol. The largest absolute Gasteiger partial charge is 0.338 e. The van der Waals surface area contributed by atoms with Crippen LogP contribution in [-0.2, 0) is 11.3 Å². The molecule has 1 aliphatic carbocycles. The third-order valence-corrected chi connectivity index (χ3v) is 7.47. The Hall–Kier alpha value is -2.54. The molecule has 0 N–H and O–H groups in total. The molecule has 1 amide bonds. The van der Waals surface area contributed by atoms with Crippen molar-refractivity contribution in [3.8, 4) is 11.1 Å². The van der Waals surface area contributed by atoms with E-state index in [0.29, 0.717) is 22.2 Å². The number of likely N-dealkylation sites (tertiary alicyclic amines) is 1. The lowest BCUT2D eigenvalue weighted by molar-refractivity contribution is -0.138. The van der Waals surface area contributed by atoms with Gasteiger partial charge in [-0.25, -0.2) is 9.37 Å². The maximum absolute atomic E-state index is 13.3. The Morgan fingerprint density at radius 1 is 1.13 bits per heavy atom. The first-order chi connectivity index (χ1) is 14.6. The summed E-state index contributed by atoms with van der Waals surface area (Å²) >= 11 is 1.38. The molecule has 5 nitrogen and oxygen atoms in total. The van der Waals surface area contributed by atoms with Gasteiger partial charge in [0.2, 0.25) is 5.91 Å². The number of aromatic nitrogens is 2. The molecule has 30 heavy (non-hydrogen) atoms. The summed E-state index contributed by atoms with van der Waals surface area (Å²) in [6.07, 6.45) is 8.44. The minimum Gasteiger partial charge on any atom is -0.338 e. The van der Waals surface area contributed by atoms with Crippen LogP contribution in [0.1, 0.15) is 38.5 Å². The fourth-order valence-corrected chi connectivity index (χ4v) is 6.00. The third kappa shape index (κ3) is 3.45. The predicted molar refractivity (Wildman–Crippen MR) is 116 cm³/mol. The summed E-state index contributed by atoms with van der Waals surface area (Å²) in [6, 6.07) is 6.41. The van der Waals surface area contributed by atoms with Crippen LogP contribution in [0.4, 0.5) is 4.39 Å². The second-order valence-electron chi connectivity index (χ2n) is 8.36. The molecule has 1 saturated carbocycles. The Morgan fingerprint density at radius 2 is 1.90 bits per heavy atom. The minimum atomic E-state index is -0.318. The molecule has 3 heterocycles. The number of piperidine rings is 1. The van der Waals surface area contributed by atoms with Gasteiger partial charge in [0.1, 0.15) is 17.2 Å². The van der Waals surface area contributed by atoms with Gasteiger partial charge in [-0.3, -0.25) is 14.2 Å². The topological polar surface area (TPSA) is 55.2 Å². The van der Waals surface area contributed by atoms with Gasteiger partial charge >= 0.3 is 0 Å². The van der Waals surface area contributed by atoms with Gasteiger partial charge in [0.25, 0.3) is 5.56 Å². The predicted octanol–water partition coefficient (Wildman–Crippen LogP) is 4.45. The van der Waals surface area contributed by atoms with E-state index in [0.717, 1.165) is 30.5 Å². The highest BCUT2D eigenvalue weighted by Gasteiger charge is 2.35. The Morgan fingerprint density at radius 3 is 2.73 bits per heavy atom. The highest BCUT2D eigenvalue weighted by atomic mass is 32.1. The lowest BCUT2D eigenvalue weighted by Gasteiger charge is -2.44. The molecule has 0 spiro atoms. The van der Waals surface area contributed by atoms with Crippen LogP contribution in [0.15, 0.2) is 40.8 Å². The summed E-state index contributed by atoms with van der Waals surface area (Å²) in [5, 5.41) is 2.37. The second-order valence-corrected chi connectivity index (χ2v) is 9.21. The monoisotopic (exact) mass is 425 g/mol. The number of benzene rings is 1. The van der Waals surface area contributed by atoms with Crippen molar-refractivity contribution in [1.29, 1.82) is 0 Å². The van der Waals surface area contributed by atoms with Gasteiger partial charge in [0.15, 0.2) is 0 Å². The van der Waals surface area contributed by atoms with E-state index < -0.39 is 0 Å². The average molecular weight is 426 g/mol. The third-order valence-electron chi connectivity index (χ3n) is 6.59. The Labute approximate surface area is 178 Å². The highest BCUT2D eigenvalue weighted by molar-refractivity contribution is 7.17. The van der Waals surface area contributed by atoms with Crippen LogP contribution in [0.3, 0.4) is 0 Å². The lowest BCUT2D eigenvalue weighted by atomic mass is 9.78.